The Morgan fingerprint density at radius 1 is 1.03 bits per heavy atom. The first-order valence-corrected chi connectivity index (χ1v) is 10.3. The van der Waals surface area contributed by atoms with Gasteiger partial charge in [0.25, 0.3) is 0 Å². The molecule has 0 saturated carbocycles. The first-order valence-electron chi connectivity index (χ1n) is 10.3. The van der Waals surface area contributed by atoms with Crippen molar-refractivity contribution in [2.75, 3.05) is 7.11 Å². The van der Waals surface area contributed by atoms with Gasteiger partial charge in [-0.15, -0.1) is 0 Å². The van der Waals surface area contributed by atoms with Crippen LogP contribution in [0.4, 0.5) is 0 Å². The molecule has 160 valence electrons. The first kappa shape index (κ1) is 23.3. The summed E-state index contributed by atoms with van der Waals surface area (Å²) >= 11 is 0. The van der Waals surface area contributed by atoms with Crippen LogP contribution >= 0.6 is 0 Å². The fourth-order valence-corrected chi connectivity index (χ4v) is 3.76. The van der Waals surface area contributed by atoms with E-state index in [4.69, 9.17) is 4.74 Å². The van der Waals surface area contributed by atoms with Crippen LogP contribution in [0.25, 0.3) is 0 Å². The van der Waals surface area contributed by atoms with Crippen LogP contribution in [0.2, 0.25) is 0 Å². The number of rotatable bonds is 9. The van der Waals surface area contributed by atoms with E-state index in [0.29, 0.717) is 12.2 Å². The lowest BCUT2D eigenvalue weighted by atomic mass is 9.75. The Balaban J connectivity index is 2.66. The van der Waals surface area contributed by atoms with Crippen LogP contribution in [0.5, 0.6) is 17.2 Å². The van der Waals surface area contributed by atoms with Gasteiger partial charge in [-0.3, -0.25) is 4.79 Å². The van der Waals surface area contributed by atoms with Crippen molar-refractivity contribution in [2.24, 2.45) is 5.92 Å². The topological polar surface area (TPSA) is 66.8 Å². The highest BCUT2D eigenvalue weighted by Crippen LogP contribution is 2.41. The lowest BCUT2D eigenvalue weighted by Crippen LogP contribution is -2.23. The first-order chi connectivity index (χ1) is 14.3. The number of hydrogen-bond donors (Lipinski definition) is 2. The summed E-state index contributed by atoms with van der Waals surface area (Å²) in [7, 11) is 1.44. The van der Waals surface area contributed by atoms with Gasteiger partial charge in [-0.05, 0) is 45.1 Å². The summed E-state index contributed by atoms with van der Waals surface area (Å²) in [4.78, 5) is 13.8. The van der Waals surface area contributed by atoms with Crippen molar-refractivity contribution in [1.82, 2.24) is 0 Å². The molecule has 4 nitrogen and oxygen atoms in total. The molecule has 2 N–H and O–H groups in total. The second-order valence-corrected chi connectivity index (χ2v) is 7.77. The summed E-state index contributed by atoms with van der Waals surface area (Å²) in [5.74, 6) is -1.23. The molecule has 0 aromatic heterocycles. The van der Waals surface area contributed by atoms with Gasteiger partial charge in [0, 0.05) is 12.1 Å². The van der Waals surface area contributed by atoms with Gasteiger partial charge in [-0.25, -0.2) is 0 Å². The third-order valence-electron chi connectivity index (χ3n) is 5.29. The van der Waals surface area contributed by atoms with Crippen molar-refractivity contribution in [3.8, 4) is 17.2 Å². The third kappa shape index (κ3) is 5.53. The van der Waals surface area contributed by atoms with E-state index < -0.39 is 5.92 Å². The number of carbonyl (C=O) groups excluding carboxylic acids is 1. The molecule has 2 atom stereocenters. The fraction of sp³-hybridized carbons (Fsp3) is 0.346. The zero-order valence-corrected chi connectivity index (χ0v) is 18.5. The normalized spacial score (nSPS) is 13.4. The number of benzene rings is 2. The van der Waals surface area contributed by atoms with E-state index in [9.17, 15) is 15.0 Å². The molecule has 2 rings (SSSR count). The number of hydrogen-bond acceptors (Lipinski definition) is 4. The molecular formula is C26H32O4. The number of allylic oxidation sites excluding steroid dienone is 4. The van der Waals surface area contributed by atoms with Gasteiger partial charge in [0.1, 0.15) is 22.8 Å². The second kappa shape index (κ2) is 10.7. The Kier molecular flexibility index (Phi) is 8.28. The summed E-state index contributed by atoms with van der Waals surface area (Å²) in [6.07, 6.45) is 5.83. The van der Waals surface area contributed by atoms with Gasteiger partial charge in [0.15, 0.2) is 5.78 Å². The zero-order valence-electron chi connectivity index (χ0n) is 18.5. The minimum atomic E-state index is -0.546. The number of phenols is 2. The number of carbonyl (C=O) groups is 1. The summed E-state index contributed by atoms with van der Waals surface area (Å²) in [5, 5.41) is 21.0. The molecule has 1 unspecified atom stereocenters. The van der Waals surface area contributed by atoms with Crippen LogP contribution in [-0.2, 0) is 0 Å². The molecular weight excluding hydrogens is 376 g/mol. The van der Waals surface area contributed by atoms with Crippen molar-refractivity contribution in [3.63, 3.8) is 0 Å². The number of methoxy groups -OCH3 is 1. The average Bonchev–Trinajstić information content (AvgIpc) is 2.70. The summed E-state index contributed by atoms with van der Waals surface area (Å²) < 4.78 is 5.09. The van der Waals surface area contributed by atoms with Gasteiger partial charge in [-0.2, -0.15) is 0 Å². The van der Waals surface area contributed by atoms with Crippen molar-refractivity contribution in [2.45, 2.75) is 46.5 Å². The minimum absolute atomic E-state index is 0.0730. The van der Waals surface area contributed by atoms with Crippen LogP contribution in [0.3, 0.4) is 0 Å². The van der Waals surface area contributed by atoms with Gasteiger partial charge in [-0.1, -0.05) is 60.6 Å². The number of ketones is 1. The molecule has 0 aliphatic carbocycles. The van der Waals surface area contributed by atoms with Crippen LogP contribution in [0.1, 0.15) is 62.4 Å². The predicted molar refractivity (Wildman–Crippen MR) is 121 cm³/mol. The molecule has 0 saturated heterocycles. The lowest BCUT2D eigenvalue weighted by molar-refractivity contribution is 0.0932. The Morgan fingerprint density at radius 3 is 2.13 bits per heavy atom. The van der Waals surface area contributed by atoms with Crippen molar-refractivity contribution in [1.29, 1.82) is 0 Å². The van der Waals surface area contributed by atoms with E-state index in [-0.39, 0.29) is 28.8 Å². The third-order valence-corrected chi connectivity index (χ3v) is 5.29. The molecule has 0 amide bonds. The lowest BCUT2D eigenvalue weighted by Gasteiger charge is -2.28. The molecule has 2 aromatic rings. The molecule has 4 heteroatoms. The maximum Gasteiger partial charge on any atom is 0.178 e. The maximum absolute atomic E-state index is 13.8. The second-order valence-electron chi connectivity index (χ2n) is 7.77. The van der Waals surface area contributed by atoms with Crippen LogP contribution in [-0.4, -0.2) is 23.1 Å². The number of ether oxygens (including phenoxy) is 1. The number of aromatic hydroxyl groups is 2. The van der Waals surface area contributed by atoms with Crippen molar-refractivity contribution >= 4 is 5.78 Å². The summed E-state index contributed by atoms with van der Waals surface area (Å²) in [6, 6.07) is 12.3. The molecule has 0 radical (unpaired) electrons. The van der Waals surface area contributed by atoms with Gasteiger partial charge < -0.3 is 14.9 Å². The van der Waals surface area contributed by atoms with E-state index in [1.165, 1.54) is 24.8 Å². The van der Waals surface area contributed by atoms with Crippen LogP contribution in [0, 0.1) is 5.92 Å². The molecule has 0 aliphatic heterocycles. The summed E-state index contributed by atoms with van der Waals surface area (Å²) in [5.41, 5.74) is 3.08. The van der Waals surface area contributed by atoms with Crippen molar-refractivity contribution in [3.05, 3.63) is 76.9 Å². The van der Waals surface area contributed by atoms with E-state index >= 15 is 0 Å². The summed E-state index contributed by atoms with van der Waals surface area (Å²) in [6.45, 7) is 8.19. The van der Waals surface area contributed by atoms with Crippen LogP contribution in [0.15, 0.2) is 65.8 Å². The molecule has 0 fully saturated rings. The average molecular weight is 409 g/mol. The van der Waals surface area contributed by atoms with Gasteiger partial charge in [0.05, 0.1) is 13.0 Å². The highest BCUT2D eigenvalue weighted by molar-refractivity contribution is 6.05. The smallest absolute Gasteiger partial charge is 0.178 e. The Labute approximate surface area is 179 Å². The Morgan fingerprint density at radius 2 is 1.63 bits per heavy atom. The standard InChI is InChI=1S/C26H32O4/c1-6-10-18(4)21(14-13-17(2)3)24(19-11-8-7-9-12-19)26(29)25-22(27)15-20(30-5)16-23(25)28/h7-13,15-16,21,24,27-28H,6,14H2,1-5H3/b18-10-/t21-,24?/m1/s1. The SMILES string of the molecule is CC/C=C(/C)[C@@H](CC=C(C)C)C(C(=O)c1c(O)cc(OC)cc1O)c1ccccc1. The molecule has 2 aromatic carbocycles. The Bertz CT molecular complexity index is 898. The van der Waals surface area contributed by atoms with Gasteiger partial charge in [0.2, 0.25) is 0 Å². The molecule has 30 heavy (non-hydrogen) atoms. The molecule has 0 bridgehead atoms. The highest BCUT2D eigenvalue weighted by atomic mass is 16.5. The Hall–Kier alpha value is -3.01. The van der Waals surface area contributed by atoms with E-state index in [0.717, 1.165) is 17.6 Å². The van der Waals surface area contributed by atoms with Crippen LogP contribution < -0.4 is 4.74 Å². The predicted octanol–water partition coefficient (Wildman–Crippen LogP) is 6.40. The fourth-order valence-electron chi connectivity index (χ4n) is 3.76. The van der Waals surface area contributed by atoms with E-state index in [1.807, 2.05) is 51.1 Å². The molecule has 0 spiro atoms. The number of Topliss-reactive ketones (excluding diaryl/α,β-unsaturated/α-hetero) is 1. The van der Waals surface area contributed by atoms with Crippen molar-refractivity contribution < 1.29 is 19.7 Å². The quantitative estimate of drug-likeness (QED) is 0.372. The zero-order chi connectivity index (χ0) is 22.3. The van der Waals surface area contributed by atoms with E-state index in [2.05, 4.69) is 19.1 Å². The number of phenolic OH excluding ortho intramolecular Hbond substituents is 2. The van der Waals surface area contributed by atoms with E-state index in [1.54, 1.807) is 0 Å². The largest absolute Gasteiger partial charge is 0.507 e. The maximum atomic E-state index is 13.8. The molecule has 0 aliphatic rings. The minimum Gasteiger partial charge on any atom is -0.507 e. The molecule has 0 heterocycles. The highest BCUT2D eigenvalue weighted by Gasteiger charge is 2.34. The monoisotopic (exact) mass is 408 g/mol. The van der Waals surface area contributed by atoms with Gasteiger partial charge >= 0.3 is 0 Å².